The van der Waals surface area contributed by atoms with Crippen molar-refractivity contribution >= 4 is 40.6 Å². The molecule has 0 unspecified atom stereocenters. The summed E-state index contributed by atoms with van der Waals surface area (Å²) in [5, 5.41) is 23.1. The van der Waals surface area contributed by atoms with E-state index in [1.54, 1.807) is 18.2 Å². The number of aliphatic carboxylic acids is 1. The third-order valence-corrected chi connectivity index (χ3v) is 5.31. The van der Waals surface area contributed by atoms with Crippen molar-refractivity contribution in [3.63, 3.8) is 0 Å². The molecular weight excluding hydrogens is 416 g/mol. The Bertz CT molecular complexity index is 1310. The van der Waals surface area contributed by atoms with E-state index in [0.717, 1.165) is 22.2 Å². The van der Waals surface area contributed by atoms with E-state index in [4.69, 9.17) is 5.11 Å². The van der Waals surface area contributed by atoms with Crippen molar-refractivity contribution in [2.75, 3.05) is 6.54 Å². The molecule has 1 aliphatic heterocycles. The number of nitro benzene ring substituents is 1. The van der Waals surface area contributed by atoms with Gasteiger partial charge >= 0.3 is 12.0 Å². The number of para-hydroxylation sites is 1. The number of imide groups is 1. The highest BCUT2D eigenvalue weighted by Crippen LogP contribution is 2.29. The number of rotatable bonds is 6. The van der Waals surface area contributed by atoms with Gasteiger partial charge in [0.05, 0.1) is 4.92 Å². The van der Waals surface area contributed by atoms with Gasteiger partial charge in [0, 0.05) is 40.8 Å². The fourth-order valence-corrected chi connectivity index (χ4v) is 3.74. The Labute approximate surface area is 181 Å². The second-order valence-electron chi connectivity index (χ2n) is 7.30. The number of benzene rings is 2. The van der Waals surface area contributed by atoms with Gasteiger partial charge in [0.1, 0.15) is 12.2 Å². The first kappa shape index (κ1) is 20.8. The van der Waals surface area contributed by atoms with E-state index >= 15 is 0 Å². The molecule has 0 saturated carbocycles. The van der Waals surface area contributed by atoms with E-state index in [1.807, 2.05) is 35.8 Å². The van der Waals surface area contributed by atoms with Crippen LogP contribution in [-0.2, 0) is 16.1 Å². The fraction of sp³-hybridized carbons (Fsp3) is 0.136. The van der Waals surface area contributed by atoms with Gasteiger partial charge in [0.15, 0.2) is 0 Å². The van der Waals surface area contributed by atoms with Gasteiger partial charge in [-0.3, -0.25) is 19.7 Å². The molecule has 0 atom stereocenters. The van der Waals surface area contributed by atoms with Crippen LogP contribution in [-0.4, -0.2) is 43.9 Å². The lowest BCUT2D eigenvalue weighted by Crippen LogP contribution is -2.35. The average Bonchev–Trinajstić information content (AvgIpc) is 3.17. The van der Waals surface area contributed by atoms with Crippen molar-refractivity contribution < 1.29 is 24.4 Å². The monoisotopic (exact) mass is 434 g/mol. The van der Waals surface area contributed by atoms with Crippen LogP contribution in [0, 0.1) is 17.0 Å². The van der Waals surface area contributed by atoms with Crippen LogP contribution in [0.2, 0.25) is 0 Å². The molecule has 3 amide bonds. The Kier molecular flexibility index (Phi) is 5.19. The van der Waals surface area contributed by atoms with Crippen molar-refractivity contribution in [1.82, 2.24) is 14.8 Å². The molecule has 10 nitrogen and oxygen atoms in total. The second kappa shape index (κ2) is 7.99. The zero-order valence-electron chi connectivity index (χ0n) is 16.9. The van der Waals surface area contributed by atoms with Crippen molar-refractivity contribution in [3.8, 4) is 0 Å². The lowest BCUT2D eigenvalue weighted by atomic mass is 10.1. The van der Waals surface area contributed by atoms with Gasteiger partial charge in [-0.15, -0.1) is 0 Å². The summed E-state index contributed by atoms with van der Waals surface area (Å²) in [4.78, 5) is 46.6. The third kappa shape index (κ3) is 3.69. The van der Waals surface area contributed by atoms with Gasteiger partial charge in [-0.2, -0.15) is 0 Å². The highest BCUT2D eigenvalue weighted by molar-refractivity contribution is 6.15. The molecule has 1 fully saturated rings. The predicted molar refractivity (Wildman–Crippen MR) is 115 cm³/mol. The molecule has 1 aromatic heterocycles. The Hall–Kier alpha value is -4.47. The SMILES string of the molecule is Cc1c(/C=C2/NC(=O)N(CC(=O)O)C2=O)c2ccccc2n1Cc1ccc([N+](=O)[O-])cc1. The minimum atomic E-state index is -1.29. The molecule has 0 bridgehead atoms. The summed E-state index contributed by atoms with van der Waals surface area (Å²) in [6.07, 6.45) is 1.55. The minimum Gasteiger partial charge on any atom is -0.480 e. The van der Waals surface area contributed by atoms with Crippen LogP contribution in [0.15, 0.2) is 54.2 Å². The molecule has 1 aliphatic rings. The van der Waals surface area contributed by atoms with Crippen molar-refractivity contribution in [2.24, 2.45) is 0 Å². The molecule has 2 aromatic carbocycles. The number of carbonyl (C=O) groups is 3. The van der Waals surface area contributed by atoms with Crippen molar-refractivity contribution in [1.29, 1.82) is 0 Å². The zero-order chi connectivity index (χ0) is 23.0. The number of carboxylic acid groups (broad SMARTS) is 1. The summed E-state index contributed by atoms with van der Waals surface area (Å²) in [5.41, 5.74) is 3.28. The molecule has 1 saturated heterocycles. The predicted octanol–water partition coefficient (Wildman–Crippen LogP) is 2.88. The molecule has 4 rings (SSSR count). The van der Waals surface area contributed by atoms with Crippen LogP contribution in [0.3, 0.4) is 0 Å². The maximum Gasteiger partial charge on any atom is 0.329 e. The largest absolute Gasteiger partial charge is 0.480 e. The van der Waals surface area contributed by atoms with Crippen LogP contribution < -0.4 is 5.32 Å². The van der Waals surface area contributed by atoms with Crippen LogP contribution in [0.4, 0.5) is 10.5 Å². The average molecular weight is 434 g/mol. The molecule has 0 aliphatic carbocycles. The number of hydrogen-bond donors (Lipinski definition) is 2. The van der Waals surface area contributed by atoms with E-state index in [0.29, 0.717) is 17.0 Å². The molecule has 162 valence electrons. The number of nitro groups is 1. The Morgan fingerprint density at radius 1 is 1.16 bits per heavy atom. The van der Waals surface area contributed by atoms with Crippen molar-refractivity contribution in [3.05, 3.63) is 81.2 Å². The van der Waals surface area contributed by atoms with Crippen LogP contribution in [0.25, 0.3) is 17.0 Å². The van der Waals surface area contributed by atoms with Gasteiger partial charge in [0.25, 0.3) is 11.6 Å². The summed E-state index contributed by atoms with van der Waals surface area (Å²) in [6, 6.07) is 13.0. The van der Waals surface area contributed by atoms with Gasteiger partial charge in [-0.05, 0) is 24.6 Å². The third-order valence-electron chi connectivity index (χ3n) is 5.31. The van der Waals surface area contributed by atoms with Gasteiger partial charge in [0.2, 0.25) is 0 Å². The van der Waals surface area contributed by atoms with E-state index in [9.17, 15) is 24.5 Å². The van der Waals surface area contributed by atoms with Crippen LogP contribution >= 0.6 is 0 Å². The number of urea groups is 1. The maximum absolute atomic E-state index is 12.5. The standard InChI is InChI=1S/C22H18N4O6/c1-13-17(10-18-21(29)25(12-20(27)28)22(30)23-18)16-4-2-3-5-19(16)24(13)11-14-6-8-15(9-7-14)26(31)32/h2-10H,11-12H2,1H3,(H,23,30)(H,27,28)/b18-10+. The molecule has 0 spiro atoms. The first-order valence-electron chi connectivity index (χ1n) is 9.63. The number of non-ortho nitro benzene ring substituents is 1. The van der Waals surface area contributed by atoms with Gasteiger partial charge < -0.3 is 15.0 Å². The van der Waals surface area contributed by atoms with E-state index in [-0.39, 0.29) is 11.4 Å². The number of carbonyl (C=O) groups excluding carboxylic acids is 2. The number of hydrogen-bond acceptors (Lipinski definition) is 5. The number of carboxylic acids is 1. The van der Waals surface area contributed by atoms with E-state index < -0.39 is 29.4 Å². The quantitative estimate of drug-likeness (QED) is 0.265. The number of amides is 3. The first-order valence-corrected chi connectivity index (χ1v) is 9.63. The smallest absolute Gasteiger partial charge is 0.329 e. The van der Waals surface area contributed by atoms with E-state index in [2.05, 4.69) is 5.32 Å². The minimum absolute atomic E-state index is 0.00223. The Balaban J connectivity index is 1.74. The Morgan fingerprint density at radius 3 is 2.50 bits per heavy atom. The molecule has 3 aromatic rings. The maximum atomic E-state index is 12.5. The molecule has 2 heterocycles. The number of nitrogens with zero attached hydrogens (tertiary/aromatic N) is 3. The molecule has 2 N–H and O–H groups in total. The van der Waals surface area contributed by atoms with Crippen LogP contribution in [0.5, 0.6) is 0 Å². The number of aromatic nitrogens is 1. The lowest BCUT2D eigenvalue weighted by Gasteiger charge is -2.09. The van der Waals surface area contributed by atoms with Crippen LogP contribution in [0.1, 0.15) is 16.8 Å². The summed E-state index contributed by atoms with van der Waals surface area (Å²) in [5.74, 6) is -1.99. The van der Waals surface area contributed by atoms with Gasteiger partial charge in [-0.25, -0.2) is 9.69 Å². The first-order chi connectivity index (χ1) is 15.3. The summed E-state index contributed by atoms with van der Waals surface area (Å²) in [6.45, 7) is 1.59. The highest BCUT2D eigenvalue weighted by Gasteiger charge is 2.35. The van der Waals surface area contributed by atoms with Crippen molar-refractivity contribution in [2.45, 2.75) is 13.5 Å². The second-order valence-corrected chi connectivity index (χ2v) is 7.30. The normalized spacial score (nSPS) is 14.9. The molecule has 10 heteroatoms. The zero-order valence-corrected chi connectivity index (χ0v) is 16.9. The molecule has 0 radical (unpaired) electrons. The summed E-state index contributed by atoms with van der Waals surface area (Å²) >= 11 is 0. The fourth-order valence-electron chi connectivity index (χ4n) is 3.74. The lowest BCUT2D eigenvalue weighted by molar-refractivity contribution is -0.384. The Morgan fingerprint density at radius 2 is 1.84 bits per heavy atom. The highest BCUT2D eigenvalue weighted by atomic mass is 16.6. The van der Waals surface area contributed by atoms with E-state index in [1.165, 1.54) is 12.1 Å². The number of fused-ring (bicyclic) bond motifs is 1. The van der Waals surface area contributed by atoms with Gasteiger partial charge in [-0.1, -0.05) is 30.3 Å². The molecule has 32 heavy (non-hydrogen) atoms. The summed E-state index contributed by atoms with van der Waals surface area (Å²) < 4.78 is 2.01. The summed E-state index contributed by atoms with van der Waals surface area (Å²) in [7, 11) is 0. The molecular formula is C22H18N4O6. The number of nitrogens with one attached hydrogen (secondary N) is 1. The topological polar surface area (TPSA) is 135 Å².